The van der Waals surface area contributed by atoms with Crippen LogP contribution in [0.5, 0.6) is 0 Å². The number of ether oxygens (including phenoxy) is 1. The van der Waals surface area contributed by atoms with Crippen LogP contribution in [-0.2, 0) is 4.74 Å². The Balaban J connectivity index is 0.00000228. The quantitative estimate of drug-likeness (QED) is 0.266. The molecule has 2 aromatic rings. The van der Waals surface area contributed by atoms with Gasteiger partial charge in [0.1, 0.15) is 18.3 Å². The largest absolute Gasteiger partial charge is 0.393 e. The van der Waals surface area contributed by atoms with E-state index >= 15 is 0 Å². The van der Waals surface area contributed by atoms with Crippen LogP contribution in [-0.4, -0.2) is 64.8 Å². The summed E-state index contributed by atoms with van der Waals surface area (Å²) in [5.74, 6) is 0.877. The lowest BCUT2D eigenvalue weighted by atomic mass is 9.90. The summed E-state index contributed by atoms with van der Waals surface area (Å²) in [4.78, 5) is 22.3. The summed E-state index contributed by atoms with van der Waals surface area (Å²) in [7, 11) is 1.59. The molecular formula is C25H38Cl2N6O3. The SMILES string of the molecule is COCC(=N)N[C@@H]1CCCC[C@@H]1Nc1nc(C(=O)NC2CCC(O)CC2)nc2ccc(C)cc12.Cl.Cl. The molecule has 1 aromatic heterocycles. The van der Waals surface area contributed by atoms with E-state index in [9.17, 15) is 9.90 Å². The van der Waals surface area contributed by atoms with E-state index in [-0.39, 0.29) is 67.4 Å². The van der Waals surface area contributed by atoms with Crippen LogP contribution in [0.3, 0.4) is 0 Å². The number of aliphatic hydroxyl groups is 1. The number of fused-ring (bicyclic) bond motifs is 1. The number of hydrogen-bond donors (Lipinski definition) is 5. The van der Waals surface area contributed by atoms with Gasteiger partial charge in [-0.2, -0.15) is 0 Å². The smallest absolute Gasteiger partial charge is 0.289 e. The molecule has 4 rings (SSSR count). The Kier molecular flexibility index (Phi) is 11.6. The third-order valence-corrected chi connectivity index (χ3v) is 6.82. The van der Waals surface area contributed by atoms with E-state index in [1.54, 1.807) is 7.11 Å². The van der Waals surface area contributed by atoms with Crippen molar-refractivity contribution in [3.8, 4) is 0 Å². The van der Waals surface area contributed by atoms with Gasteiger partial charge in [0.15, 0.2) is 0 Å². The number of hydrogen-bond acceptors (Lipinski definition) is 7. The molecule has 0 radical (unpaired) electrons. The number of rotatable bonds is 7. The zero-order chi connectivity index (χ0) is 24.1. The molecule has 9 nitrogen and oxygen atoms in total. The second-order valence-corrected chi connectivity index (χ2v) is 9.59. The fraction of sp³-hybridized carbons (Fsp3) is 0.600. The minimum atomic E-state index is -0.285. The fourth-order valence-electron chi connectivity index (χ4n) is 4.99. The molecule has 11 heteroatoms. The van der Waals surface area contributed by atoms with Crippen molar-refractivity contribution in [3.05, 3.63) is 29.6 Å². The Hall–Kier alpha value is -2.20. The highest BCUT2D eigenvalue weighted by Gasteiger charge is 2.28. The van der Waals surface area contributed by atoms with Gasteiger partial charge in [0.2, 0.25) is 5.82 Å². The maximum atomic E-state index is 13.1. The molecule has 0 saturated heterocycles. The standard InChI is InChI=1S/C25H36N6O3.2ClH/c1-15-7-12-19-18(13-15)23(30-21-6-4-3-5-20(21)28-22(26)14-34-2)31-24(29-19)25(33)27-16-8-10-17(32)11-9-16;;/h7,12-13,16-17,20-21,32H,3-6,8-11,14H2,1-2H3,(H2,26,28)(H,27,33)(H,29,30,31);2*1H/t16?,17?,20-,21+;;/m1../s1. The number of halogens is 2. The first-order valence-electron chi connectivity index (χ1n) is 12.3. The van der Waals surface area contributed by atoms with E-state index in [1.807, 2.05) is 25.1 Å². The highest BCUT2D eigenvalue weighted by atomic mass is 35.5. The Bertz CT molecular complexity index is 1030. The molecule has 2 aliphatic carbocycles. The number of amidine groups is 1. The number of aromatic nitrogens is 2. The summed E-state index contributed by atoms with van der Waals surface area (Å²) in [5.41, 5.74) is 1.82. The number of aliphatic hydroxyl groups excluding tert-OH is 1. The monoisotopic (exact) mass is 540 g/mol. The first-order chi connectivity index (χ1) is 16.4. The lowest BCUT2D eigenvalue weighted by molar-refractivity contribution is 0.0859. The van der Waals surface area contributed by atoms with Gasteiger partial charge in [-0.05, 0) is 57.6 Å². The van der Waals surface area contributed by atoms with Crippen molar-refractivity contribution < 1.29 is 14.6 Å². The molecule has 2 saturated carbocycles. The molecule has 36 heavy (non-hydrogen) atoms. The van der Waals surface area contributed by atoms with Gasteiger partial charge in [0.05, 0.1) is 11.6 Å². The molecule has 0 spiro atoms. The molecule has 1 aromatic carbocycles. The van der Waals surface area contributed by atoms with Crippen LogP contribution < -0.4 is 16.0 Å². The Labute approximate surface area is 224 Å². The molecule has 2 fully saturated rings. The third-order valence-electron chi connectivity index (χ3n) is 6.82. The minimum absolute atomic E-state index is 0. The number of aryl methyl sites for hydroxylation is 1. The van der Waals surface area contributed by atoms with Crippen LogP contribution in [0.4, 0.5) is 5.82 Å². The molecule has 2 atom stereocenters. The summed E-state index contributed by atoms with van der Waals surface area (Å²) in [6.07, 6.45) is 6.73. The second kappa shape index (κ2) is 13.9. The number of benzene rings is 1. The van der Waals surface area contributed by atoms with Crippen LogP contribution >= 0.6 is 24.8 Å². The van der Waals surface area contributed by atoms with Gasteiger partial charge in [-0.15, -0.1) is 24.8 Å². The van der Waals surface area contributed by atoms with Crippen molar-refractivity contribution in [2.45, 2.75) is 82.5 Å². The number of anilines is 1. The zero-order valence-corrected chi connectivity index (χ0v) is 22.5. The second-order valence-electron chi connectivity index (χ2n) is 9.59. The van der Waals surface area contributed by atoms with Crippen molar-refractivity contribution in [3.63, 3.8) is 0 Å². The predicted octanol–water partition coefficient (Wildman–Crippen LogP) is 3.75. The fourth-order valence-corrected chi connectivity index (χ4v) is 4.99. The summed E-state index contributed by atoms with van der Waals surface area (Å²) in [6.45, 7) is 2.28. The summed E-state index contributed by atoms with van der Waals surface area (Å²) in [5, 5.41) is 28.7. The molecule has 5 N–H and O–H groups in total. The topological polar surface area (TPSA) is 132 Å². The van der Waals surface area contributed by atoms with Crippen molar-refractivity contribution in [1.82, 2.24) is 20.6 Å². The van der Waals surface area contributed by atoms with Crippen molar-refractivity contribution in [2.75, 3.05) is 19.0 Å². The number of nitrogens with one attached hydrogen (secondary N) is 4. The minimum Gasteiger partial charge on any atom is -0.393 e. The Morgan fingerprint density at radius 1 is 1.06 bits per heavy atom. The zero-order valence-electron chi connectivity index (χ0n) is 20.9. The first kappa shape index (κ1) is 30.0. The molecule has 200 valence electrons. The van der Waals surface area contributed by atoms with Crippen LogP contribution in [0.25, 0.3) is 10.9 Å². The predicted molar refractivity (Wildman–Crippen MR) is 147 cm³/mol. The van der Waals surface area contributed by atoms with Crippen LogP contribution in [0.15, 0.2) is 18.2 Å². The average Bonchev–Trinajstić information content (AvgIpc) is 2.82. The Morgan fingerprint density at radius 2 is 1.75 bits per heavy atom. The van der Waals surface area contributed by atoms with Gasteiger partial charge in [0.25, 0.3) is 5.91 Å². The van der Waals surface area contributed by atoms with Crippen LogP contribution in [0.2, 0.25) is 0 Å². The van der Waals surface area contributed by atoms with Crippen molar-refractivity contribution >= 4 is 53.3 Å². The average molecular weight is 542 g/mol. The van der Waals surface area contributed by atoms with Gasteiger partial charge >= 0.3 is 0 Å². The summed E-state index contributed by atoms with van der Waals surface area (Å²) < 4.78 is 5.09. The van der Waals surface area contributed by atoms with E-state index in [0.717, 1.165) is 55.0 Å². The van der Waals surface area contributed by atoms with E-state index in [2.05, 4.69) is 25.9 Å². The molecular weight excluding hydrogens is 503 g/mol. The molecule has 0 aliphatic heterocycles. The van der Waals surface area contributed by atoms with Crippen molar-refractivity contribution in [2.24, 2.45) is 0 Å². The maximum Gasteiger partial charge on any atom is 0.289 e. The highest BCUT2D eigenvalue weighted by molar-refractivity contribution is 5.97. The third kappa shape index (κ3) is 7.65. The Morgan fingerprint density at radius 3 is 2.44 bits per heavy atom. The normalized spacial score (nSPS) is 23.6. The number of nitrogens with zero attached hydrogens (tertiary/aromatic N) is 2. The van der Waals surface area contributed by atoms with Gasteiger partial charge in [0, 0.05) is 30.6 Å². The number of methoxy groups -OCH3 is 1. The van der Waals surface area contributed by atoms with Crippen molar-refractivity contribution in [1.29, 1.82) is 5.41 Å². The van der Waals surface area contributed by atoms with E-state index in [1.165, 1.54) is 0 Å². The lowest BCUT2D eigenvalue weighted by Gasteiger charge is -2.34. The maximum absolute atomic E-state index is 13.1. The van der Waals surface area contributed by atoms with Gasteiger partial charge in [-0.1, -0.05) is 24.5 Å². The van der Waals surface area contributed by atoms with Gasteiger partial charge < -0.3 is 25.8 Å². The highest BCUT2D eigenvalue weighted by Crippen LogP contribution is 2.27. The molecule has 0 unspecified atom stereocenters. The number of carbonyl (C=O) groups is 1. The number of carbonyl (C=O) groups excluding carboxylic acids is 1. The van der Waals surface area contributed by atoms with E-state index in [4.69, 9.17) is 10.1 Å². The van der Waals surface area contributed by atoms with Crippen LogP contribution in [0, 0.1) is 12.3 Å². The van der Waals surface area contributed by atoms with E-state index < -0.39 is 0 Å². The molecule has 1 amide bonds. The molecule has 1 heterocycles. The first-order valence-corrected chi connectivity index (χ1v) is 12.3. The van der Waals surface area contributed by atoms with E-state index in [0.29, 0.717) is 24.5 Å². The van der Waals surface area contributed by atoms with Gasteiger partial charge in [-0.3, -0.25) is 10.2 Å². The summed E-state index contributed by atoms with van der Waals surface area (Å²) >= 11 is 0. The summed E-state index contributed by atoms with van der Waals surface area (Å²) in [6, 6.07) is 6.14. The number of amides is 1. The molecule has 2 aliphatic rings. The molecule has 0 bridgehead atoms. The van der Waals surface area contributed by atoms with Crippen LogP contribution in [0.1, 0.15) is 67.5 Å². The van der Waals surface area contributed by atoms with Gasteiger partial charge in [-0.25, -0.2) is 9.97 Å². The lowest BCUT2D eigenvalue weighted by Crippen LogP contribution is -2.49.